The smallest absolute Gasteiger partial charge is 0.257 e. The third kappa shape index (κ3) is 2.90. The fraction of sp³-hybridized carbons (Fsp3) is 0.222. The Hall–Kier alpha value is -3.02. The van der Waals surface area contributed by atoms with Crippen LogP contribution in [0.5, 0.6) is 5.75 Å². The maximum absolute atomic E-state index is 12.7. The maximum Gasteiger partial charge on any atom is 0.257 e. The molecule has 2 aromatic heterocycles. The SMILES string of the molecule is CCn1cc(C(=O)NCc2ccco2)c(=O)c2cc(OC)ccc21. The number of hydrogen-bond donors (Lipinski definition) is 1. The molecule has 1 N–H and O–H groups in total. The number of amides is 1. The minimum absolute atomic E-state index is 0.101. The number of aryl methyl sites for hydroxylation is 1. The average Bonchev–Trinajstić information content (AvgIpc) is 3.13. The van der Waals surface area contributed by atoms with Gasteiger partial charge in [0.05, 0.1) is 30.8 Å². The molecule has 0 aliphatic heterocycles. The minimum atomic E-state index is -0.427. The van der Waals surface area contributed by atoms with E-state index in [1.807, 2.05) is 17.6 Å². The standard InChI is InChI=1S/C18H18N2O4/c1-3-20-11-15(18(22)19-10-13-5-4-8-24-13)17(21)14-9-12(23-2)6-7-16(14)20/h4-9,11H,3,10H2,1-2H3,(H,19,22). The second-order valence-corrected chi connectivity index (χ2v) is 5.30. The van der Waals surface area contributed by atoms with E-state index in [0.717, 1.165) is 5.52 Å². The molecule has 6 nitrogen and oxygen atoms in total. The van der Waals surface area contributed by atoms with Gasteiger partial charge < -0.3 is 19.0 Å². The predicted octanol–water partition coefficient (Wildman–Crippen LogP) is 2.55. The van der Waals surface area contributed by atoms with Crippen molar-refractivity contribution in [3.05, 3.63) is 64.3 Å². The van der Waals surface area contributed by atoms with E-state index in [1.54, 1.807) is 37.6 Å². The summed E-state index contributed by atoms with van der Waals surface area (Å²) in [5, 5.41) is 3.17. The number of carbonyl (C=O) groups excluding carboxylic acids is 1. The van der Waals surface area contributed by atoms with Gasteiger partial charge in [0.15, 0.2) is 0 Å². The van der Waals surface area contributed by atoms with Gasteiger partial charge in [0.1, 0.15) is 17.1 Å². The molecule has 0 bridgehead atoms. The normalized spacial score (nSPS) is 10.8. The van der Waals surface area contributed by atoms with Gasteiger partial charge >= 0.3 is 0 Å². The van der Waals surface area contributed by atoms with Crippen molar-refractivity contribution in [1.82, 2.24) is 9.88 Å². The summed E-state index contributed by atoms with van der Waals surface area (Å²) < 4.78 is 12.2. The molecule has 0 atom stereocenters. The van der Waals surface area contributed by atoms with E-state index < -0.39 is 5.91 Å². The number of rotatable bonds is 5. The highest BCUT2D eigenvalue weighted by molar-refractivity contribution is 5.97. The third-order valence-electron chi connectivity index (χ3n) is 3.88. The quantitative estimate of drug-likeness (QED) is 0.782. The summed E-state index contributed by atoms with van der Waals surface area (Å²) in [6.07, 6.45) is 3.13. The Morgan fingerprint density at radius 2 is 2.17 bits per heavy atom. The van der Waals surface area contributed by atoms with Crippen LogP contribution >= 0.6 is 0 Å². The maximum atomic E-state index is 12.7. The Balaban J connectivity index is 2.02. The third-order valence-corrected chi connectivity index (χ3v) is 3.88. The van der Waals surface area contributed by atoms with Crippen molar-refractivity contribution in [2.45, 2.75) is 20.0 Å². The molecule has 0 unspecified atom stereocenters. The molecule has 0 spiro atoms. The van der Waals surface area contributed by atoms with Crippen molar-refractivity contribution in [3.8, 4) is 5.75 Å². The second-order valence-electron chi connectivity index (χ2n) is 5.30. The number of nitrogens with one attached hydrogen (secondary N) is 1. The summed E-state index contributed by atoms with van der Waals surface area (Å²) in [6.45, 7) is 2.83. The zero-order valence-corrected chi connectivity index (χ0v) is 13.5. The van der Waals surface area contributed by atoms with Crippen molar-refractivity contribution in [1.29, 1.82) is 0 Å². The average molecular weight is 326 g/mol. The molecule has 0 saturated heterocycles. The van der Waals surface area contributed by atoms with Gasteiger partial charge in [0.25, 0.3) is 5.91 Å². The number of methoxy groups -OCH3 is 1. The van der Waals surface area contributed by atoms with Gasteiger partial charge in [-0.05, 0) is 37.3 Å². The monoisotopic (exact) mass is 326 g/mol. The Kier molecular flexibility index (Phi) is 4.37. The first-order chi connectivity index (χ1) is 11.6. The van der Waals surface area contributed by atoms with E-state index in [1.165, 1.54) is 6.26 Å². The van der Waals surface area contributed by atoms with Crippen LogP contribution < -0.4 is 15.5 Å². The first kappa shape index (κ1) is 15.9. The lowest BCUT2D eigenvalue weighted by Crippen LogP contribution is -2.29. The highest BCUT2D eigenvalue weighted by Gasteiger charge is 2.16. The number of fused-ring (bicyclic) bond motifs is 1. The van der Waals surface area contributed by atoms with E-state index in [9.17, 15) is 9.59 Å². The van der Waals surface area contributed by atoms with Crippen LogP contribution in [0.1, 0.15) is 23.0 Å². The second kappa shape index (κ2) is 6.62. The molecule has 0 aliphatic carbocycles. The molecule has 0 radical (unpaired) electrons. The minimum Gasteiger partial charge on any atom is -0.497 e. The molecule has 124 valence electrons. The van der Waals surface area contributed by atoms with Crippen LogP contribution in [-0.4, -0.2) is 17.6 Å². The molecule has 1 amide bonds. The number of nitrogens with zero attached hydrogens (tertiary/aromatic N) is 1. The fourth-order valence-corrected chi connectivity index (χ4v) is 2.60. The number of benzene rings is 1. The summed E-state index contributed by atoms with van der Waals surface area (Å²) in [7, 11) is 1.54. The first-order valence-electron chi connectivity index (χ1n) is 7.65. The zero-order valence-electron chi connectivity index (χ0n) is 13.5. The summed E-state index contributed by atoms with van der Waals surface area (Å²) >= 11 is 0. The topological polar surface area (TPSA) is 73.5 Å². The lowest BCUT2D eigenvalue weighted by molar-refractivity contribution is 0.0946. The molecule has 3 rings (SSSR count). The lowest BCUT2D eigenvalue weighted by Gasteiger charge is -2.12. The molecule has 24 heavy (non-hydrogen) atoms. The van der Waals surface area contributed by atoms with Gasteiger partial charge in [0, 0.05) is 12.7 Å². The van der Waals surface area contributed by atoms with Crippen molar-refractivity contribution in [2.24, 2.45) is 0 Å². The summed E-state index contributed by atoms with van der Waals surface area (Å²) in [4.78, 5) is 25.1. The molecule has 1 aromatic carbocycles. The van der Waals surface area contributed by atoms with Crippen LogP contribution in [0.2, 0.25) is 0 Å². The van der Waals surface area contributed by atoms with Gasteiger partial charge in [-0.3, -0.25) is 9.59 Å². The van der Waals surface area contributed by atoms with Crippen molar-refractivity contribution in [3.63, 3.8) is 0 Å². The summed E-state index contributed by atoms with van der Waals surface area (Å²) in [5.41, 5.74) is 0.556. The summed E-state index contributed by atoms with van der Waals surface area (Å²) in [6, 6.07) is 8.78. The Morgan fingerprint density at radius 1 is 1.33 bits per heavy atom. The Bertz CT molecular complexity index is 926. The van der Waals surface area contributed by atoms with E-state index in [2.05, 4.69) is 5.32 Å². The molecule has 3 aromatic rings. The van der Waals surface area contributed by atoms with Gasteiger partial charge in [-0.25, -0.2) is 0 Å². The van der Waals surface area contributed by atoms with Crippen LogP contribution in [0, 0.1) is 0 Å². The molecular weight excluding hydrogens is 308 g/mol. The molecular formula is C18H18N2O4. The summed E-state index contributed by atoms with van der Waals surface area (Å²) in [5.74, 6) is 0.778. The van der Waals surface area contributed by atoms with Crippen molar-refractivity contribution < 1.29 is 13.9 Å². The lowest BCUT2D eigenvalue weighted by atomic mass is 10.1. The van der Waals surface area contributed by atoms with Crippen molar-refractivity contribution >= 4 is 16.8 Å². The molecule has 0 fully saturated rings. The number of carbonyl (C=O) groups is 1. The predicted molar refractivity (Wildman–Crippen MR) is 90.3 cm³/mol. The Morgan fingerprint density at radius 3 is 2.83 bits per heavy atom. The van der Waals surface area contributed by atoms with Crippen LogP contribution in [-0.2, 0) is 13.1 Å². The first-order valence-corrected chi connectivity index (χ1v) is 7.65. The zero-order chi connectivity index (χ0) is 17.1. The van der Waals surface area contributed by atoms with E-state index in [-0.39, 0.29) is 17.5 Å². The molecule has 0 saturated carbocycles. The largest absolute Gasteiger partial charge is 0.497 e. The van der Waals surface area contributed by atoms with Gasteiger partial charge in [0.2, 0.25) is 5.43 Å². The highest BCUT2D eigenvalue weighted by Crippen LogP contribution is 2.19. The van der Waals surface area contributed by atoms with Gasteiger partial charge in [-0.15, -0.1) is 0 Å². The molecule has 2 heterocycles. The van der Waals surface area contributed by atoms with E-state index in [4.69, 9.17) is 9.15 Å². The molecule has 0 aliphatic rings. The van der Waals surface area contributed by atoms with Crippen molar-refractivity contribution in [2.75, 3.05) is 7.11 Å². The van der Waals surface area contributed by atoms with Gasteiger partial charge in [-0.1, -0.05) is 0 Å². The van der Waals surface area contributed by atoms with Crippen LogP contribution in [0.15, 0.2) is 52.0 Å². The fourth-order valence-electron chi connectivity index (χ4n) is 2.60. The molecule has 6 heteroatoms. The van der Waals surface area contributed by atoms with Crippen LogP contribution in [0.3, 0.4) is 0 Å². The highest BCUT2D eigenvalue weighted by atomic mass is 16.5. The van der Waals surface area contributed by atoms with Crippen LogP contribution in [0.4, 0.5) is 0 Å². The number of furan rings is 1. The van der Waals surface area contributed by atoms with E-state index in [0.29, 0.717) is 23.4 Å². The van der Waals surface area contributed by atoms with Crippen LogP contribution in [0.25, 0.3) is 10.9 Å². The number of pyridine rings is 1. The van der Waals surface area contributed by atoms with Gasteiger partial charge in [-0.2, -0.15) is 0 Å². The number of hydrogen-bond acceptors (Lipinski definition) is 4. The Labute approximate surface area is 138 Å². The number of aromatic nitrogens is 1. The van der Waals surface area contributed by atoms with E-state index >= 15 is 0 Å². The number of ether oxygens (including phenoxy) is 1.